The van der Waals surface area contributed by atoms with E-state index >= 15 is 0 Å². The number of benzene rings is 1. The Morgan fingerprint density at radius 1 is 1.22 bits per heavy atom. The molecule has 0 bridgehead atoms. The first-order chi connectivity index (χ1) is 13.0. The maximum Gasteiger partial charge on any atom is 0.294 e. The van der Waals surface area contributed by atoms with Crippen LogP contribution < -0.4 is 4.74 Å². The third kappa shape index (κ3) is 4.71. The van der Waals surface area contributed by atoms with Gasteiger partial charge in [0.05, 0.1) is 11.5 Å². The van der Waals surface area contributed by atoms with Crippen molar-refractivity contribution in [3.63, 3.8) is 0 Å². The number of ether oxygens (including phenoxy) is 1. The summed E-state index contributed by atoms with van der Waals surface area (Å²) in [5.41, 5.74) is 0.806. The number of nitrogens with zero attached hydrogens (tertiary/aromatic N) is 2. The van der Waals surface area contributed by atoms with Crippen LogP contribution in [0.1, 0.15) is 32.3 Å². The molecule has 0 spiro atoms. The van der Waals surface area contributed by atoms with Crippen molar-refractivity contribution >= 4 is 34.9 Å². The van der Waals surface area contributed by atoms with Crippen LogP contribution in [0.2, 0.25) is 0 Å². The van der Waals surface area contributed by atoms with Crippen molar-refractivity contribution in [2.75, 3.05) is 26.2 Å². The van der Waals surface area contributed by atoms with E-state index in [9.17, 15) is 14.4 Å². The van der Waals surface area contributed by atoms with Crippen LogP contribution in [-0.2, 0) is 9.59 Å². The van der Waals surface area contributed by atoms with Gasteiger partial charge in [-0.3, -0.25) is 19.3 Å². The zero-order chi connectivity index (χ0) is 19.4. The largest absolute Gasteiger partial charge is 0.494 e. The Labute approximate surface area is 163 Å². The first-order valence-corrected chi connectivity index (χ1v) is 10.1. The van der Waals surface area contributed by atoms with E-state index in [2.05, 4.69) is 6.92 Å². The summed E-state index contributed by atoms with van der Waals surface area (Å²) in [5, 5.41) is -0.393. The molecule has 0 N–H and O–H groups in total. The molecule has 0 saturated carbocycles. The number of likely N-dealkylation sites (tertiary alicyclic amines) is 1. The summed E-state index contributed by atoms with van der Waals surface area (Å²) >= 11 is 0.877. The normalized spacial score (nSPS) is 19.9. The Morgan fingerprint density at radius 2 is 1.89 bits per heavy atom. The molecule has 2 saturated heterocycles. The van der Waals surface area contributed by atoms with E-state index in [-0.39, 0.29) is 12.5 Å². The SMILES string of the molecule is CCOc1ccc(/C=C2/SC(=O)N(CC(=O)N3CCC(C)CC3)C2=O)cc1. The number of carbonyl (C=O) groups excluding carboxylic acids is 3. The highest BCUT2D eigenvalue weighted by Gasteiger charge is 2.37. The third-order valence-electron chi connectivity index (χ3n) is 4.79. The number of imide groups is 1. The van der Waals surface area contributed by atoms with Gasteiger partial charge in [-0.15, -0.1) is 0 Å². The Balaban J connectivity index is 1.64. The molecule has 1 aromatic rings. The van der Waals surface area contributed by atoms with Gasteiger partial charge in [-0.05, 0) is 61.2 Å². The van der Waals surface area contributed by atoms with E-state index in [0.717, 1.165) is 40.8 Å². The fourth-order valence-corrected chi connectivity index (χ4v) is 3.95. The zero-order valence-corrected chi connectivity index (χ0v) is 16.5. The summed E-state index contributed by atoms with van der Waals surface area (Å²) in [6.45, 7) is 5.87. The lowest BCUT2D eigenvalue weighted by Gasteiger charge is -2.31. The van der Waals surface area contributed by atoms with E-state index in [1.807, 2.05) is 31.2 Å². The first-order valence-electron chi connectivity index (χ1n) is 9.24. The molecule has 1 aromatic carbocycles. The minimum Gasteiger partial charge on any atom is -0.494 e. The van der Waals surface area contributed by atoms with Gasteiger partial charge in [0.2, 0.25) is 5.91 Å². The van der Waals surface area contributed by atoms with Crippen LogP contribution in [0, 0.1) is 5.92 Å². The molecule has 2 aliphatic rings. The number of thioether (sulfide) groups is 1. The van der Waals surface area contributed by atoms with E-state index < -0.39 is 11.1 Å². The third-order valence-corrected chi connectivity index (χ3v) is 5.70. The Kier molecular flexibility index (Phi) is 6.21. The van der Waals surface area contributed by atoms with Crippen LogP contribution in [0.3, 0.4) is 0 Å². The second-order valence-electron chi connectivity index (χ2n) is 6.83. The summed E-state index contributed by atoms with van der Waals surface area (Å²) in [5.74, 6) is 0.802. The molecule has 3 amide bonds. The van der Waals surface area contributed by atoms with Crippen LogP contribution in [-0.4, -0.2) is 53.1 Å². The van der Waals surface area contributed by atoms with Crippen LogP contribution in [0.5, 0.6) is 5.75 Å². The standard InChI is InChI=1S/C20H24N2O4S/c1-3-26-16-6-4-15(5-7-16)12-17-19(24)22(20(25)27-17)13-18(23)21-10-8-14(2)9-11-21/h4-7,12,14H,3,8-11,13H2,1-2H3/b17-12+. The maximum atomic E-state index is 12.6. The van der Waals surface area contributed by atoms with Gasteiger partial charge in [0.1, 0.15) is 12.3 Å². The van der Waals surface area contributed by atoms with Crippen molar-refractivity contribution in [2.24, 2.45) is 5.92 Å². The molecule has 2 fully saturated rings. The van der Waals surface area contributed by atoms with Gasteiger partial charge >= 0.3 is 0 Å². The van der Waals surface area contributed by atoms with Crippen molar-refractivity contribution in [3.05, 3.63) is 34.7 Å². The molecular formula is C20H24N2O4S. The van der Waals surface area contributed by atoms with Crippen molar-refractivity contribution in [1.29, 1.82) is 0 Å². The molecule has 0 atom stereocenters. The number of hydrogen-bond acceptors (Lipinski definition) is 5. The molecule has 0 aromatic heterocycles. The number of carbonyl (C=O) groups is 3. The average Bonchev–Trinajstić information content (AvgIpc) is 2.91. The molecule has 2 heterocycles. The van der Waals surface area contributed by atoms with Gasteiger partial charge in [-0.1, -0.05) is 19.1 Å². The molecule has 0 unspecified atom stereocenters. The first kappa shape index (κ1) is 19.5. The quantitative estimate of drug-likeness (QED) is 0.724. The molecule has 7 heteroatoms. The lowest BCUT2D eigenvalue weighted by atomic mass is 9.99. The van der Waals surface area contributed by atoms with E-state index in [4.69, 9.17) is 4.74 Å². The van der Waals surface area contributed by atoms with Crippen molar-refractivity contribution in [3.8, 4) is 5.75 Å². The summed E-state index contributed by atoms with van der Waals surface area (Å²) in [7, 11) is 0. The number of hydrogen-bond donors (Lipinski definition) is 0. The highest BCUT2D eigenvalue weighted by atomic mass is 32.2. The van der Waals surface area contributed by atoms with Gasteiger partial charge in [-0.2, -0.15) is 0 Å². The Bertz CT molecular complexity index is 752. The lowest BCUT2D eigenvalue weighted by molar-refractivity contribution is -0.136. The van der Waals surface area contributed by atoms with Crippen molar-refractivity contribution in [2.45, 2.75) is 26.7 Å². The zero-order valence-electron chi connectivity index (χ0n) is 15.6. The molecule has 0 aliphatic carbocycles. The number of rotatable bonds is 5. The highest BCUT2D eigenvalue weighted by molar-refractivity contribution is 8.18. The van der Waals surface area contributed by atoms with Crippen LogP contribution in [0.4, 0.5) is 4.79 Å². The molecule has 3 rings (SSSR count). The number of amides is 3. The van der Waals surface area contributed by atoms with Gasteiger partial charge < -0.3 is 9.64 Å². The monoisotopic (exact) mass is 388 g/mol. The highest BCUT2D eigenvalue weighted by Crippen LogP contribution is 2.32. The van der Waals surface area contributed by atoms with Gasteiger partial charge in [0.15, 0.2) is 0 Å². The van der Waals surface area contributed by atoms with Crippen LogP contribution in [0.15, 0.2) is 29.2 Å². The molecule has 6 nitrogen and oxygen atoms in total. The topological polar surface area (TPSA) is 66.9 Å². The maximum absolute atomic E-state index is 12.6. The Morgan fingerprint density at radius 3 is 2.52 bits per heavy atom. The summed E-state index contributed by atoms with van der Waals surface area (Å²) < 4.78 is 5.40. The predicted molar refractivity (Wildman–Crippen MR) is 105 cm³/mol. The van der Waals surface area contributed by atoms with Crippen LogP contribution >= 0.6 is 11.8 Å². The molecule has 2 aliphatic heterocycles. The van der Waals surface area contributed by atoms with E-state index in [0.29, 0.717) is 30.5 Å². The van der Waals surface area contributed by atoms with Crippen molar-refractivity contribution < 1.29 is 19.1 Å². The molecular weight excluding hydrogens is 364 g/mol. The smallest absolute Gasteiger partial charge is 0.294 e. The lowest BCUT2D eigenvalue weighted by Crippen LogP contribution is -2.45. The fraction of sp³-hybridized carbons (Fsp3) is 0.450. The second kappa shape index (κ2) is 8.61. The minimum absolute atomic E-state index is 0.161. The average molecular weight is 388 g/mol. The van der Waals surface area contributed by atoms with E-state index in [1.54, 1.807) is 11.0 Å². The van der Waals surface area contributed by atoms with E-state index in [1.165, 1.54) is 0 Å². The molecule has 144 valence electrons. The minimum atomic E-state index is -0.405. The van der Waals surface area contributed by atoms with Crippen LogP contribution in [0.25, 0.3) is 6.08 Å². The number of piperidine rings is 1. The van der Waals surface area contributed by atoms with Crippen molar-refractivity contribution in [1.82, 2.24) is 9.80 Å². The fourth-order valence-electron chi connectivity index (χ4n) is 3.11. The summed E-state index contributed by atoms with van der Waals surface area (Å²) in [6.07, 6.45) is 3.60. The predicted octanol–water partition coefficient (Wildman–Crippen LogP) is 3.38. The van der Waals surface area contributed by atoms with Gasteiger partial charge in [0, 0.05) is 13.1 Å². The van der Waals surface area contributed by atoms with Gasteiger partial charge in [-0.25, -0.2) is 0 Å². The second-order valence-corrected chi connectivity index (χ2v) is 7.83. The van der Waals surface area contributed by atoms with Gasteiger partial charge in [0.25, 0.3) is 11.1 Å². The molecule has 27 heavy (non-hydrogen) atoms. The summed E-state index contributed by atoms with van der Waals surface area (Å²) in [6, 6.07) is 7.30. The molecule has 0 radical (unpaired) electrons. The summed E-state index contributed by atoms with van der Waals surface area (Å²) in [4.78, 5) is 40.4. The Hall–Kier alpha value is -2.28.